The fourth-order valence-corrected chi connectivity index (χ4v) is 5.24. The van der Waals surface area contributed by atoms with Gasteiger partial charge >= 0.3 is 5.97 Å². The molecule has 1 aromatic heterocycles. The van der Waals surface area contributed by atoms with Crippen LogP contribution in [0.2, 0.25) is 4.34 Å². The average Bonchev–Trinajstić information content (AvgIpc) is 2.85. The van der Waals surface area contributed by atoms with E-state index in [1.807, 2.05) is 0 Å². The van der Waals surface area contributed by atoms with Crippen molar-refractivity contribution in [3.63, 3.8) is 0 Å². The molecule has 1 unspecified atom stereocenters. The summed E-state index contributed by atoms with van der Waals surface area (Å²) >= 11 is 6.79. The van der Waals surface area contributed by atoms with Crippen molar-refractivity contribution < 1.29 is 17.9 Å². The first-order valence-corrected chi connectivity index (χ1v) is 8.42. The number of hydrogen-bond acceptors (Lipinski definition) is 5. The Morgan fingerprint density at radius 1 is 1.53 bits per heavy atom. The zero-order valence-corrected chi connectivity index (χ0v) is 12.7. The first-order chi connectivity index (χ1) is 8.95. The lowest BCUT2D eigenvalue weighted by Gasteiger charge is -2.29. The van der Waals surface area contributed by atoms with Gasteiger partial charge in [-0.1, -0.05) is 11.6 Å². The van der Waals surface area contributed by atoms with Gasteiger partial charge < -0.3 is 4.74 Å². The van der Waals surface area contributed by atoms with Crippen LogP contribution in [0.1, 0.15) is 12.8 Å². The lowest BCUT2D eigenvalue weighted by molar-refractivity contribution is -0.146. The molecule has 0 saturated carbocycles. The zero-order chi connectivity index (χ0) is 14.0. The van der Waals surface area contributed by atoms with Crippen LogP contribution in [0.3, 0.4) is 0 Å². The monoisotopic (exact) mass is 323 g/mol. The number of thiophene rings is 1. The van der Waals surface area contributed by atoms with Gasteiger partial charge in [0.25, 0.3) is 10.0 Å². The minimum atomic E-state index is -3.56. The molecule has 0 amide bonds. The smallest absolute Gasteiger partial charge is 0.309 e. The van der Waals surface area contributed by atoms with Crippen molar-refractivity contribution in [3.8, 4) is 0 Å². The van der Waals surface area contributed by atoms with Crippen LogP contribution in [0.5, 0.6) is 0 Å². The molecule has 2 rings (SSSR count). The van der Waals surface area contributed by atoms with Gasteiger partial charge in [-0.3, -0.25) is 4.79 Å². The highest BCUT2D eigenvalue weighted by Crippen LogP contribution is 2.30. The van der Waals surface area contributed by atoms with E-state index in [0.717, 1.165) is 11.3 Å². The fraction of sp³-hybridized carbons (Fsp3) is 0.545. The van der Waals surface area contributed by atoms with Crippen LogP contribution in [0.4, 0.5) is 0 Å². The predicted molar refractivity (Wildman–Crippen MR) is 72.8 cm³/mol. The summed E-state index contributed by atoms with van der Waals surface area (Å²) in [5.74, 6) is -0.743. The van der Waals surface area contributed by atoms with Crippen molar-refractivity contribution in [2.45, 2.75) is 17.1 Å². The third-order valence-electron chi connectivity index (χ3n) is 3.06. The standard InChI is InChI=1S/C11H14ClNO4S2/c1-17-11(14)8-3-2-6-13(7-8)19(15,16)10-5-4-9(12)18-10/h4-5,8H,2-3,6-7H2,1H3. The quantitative estimate of drug-likeness (QED) is 0.798. The number of sulfonamides is 1. The van der Waals surface area contributed by atoms with Crippen LogP contribution in [-0.2, 0) is 19.6 Å². The Kier molecular flexibility index (Phi) is 4.50. The van der Waals surface area contributed by atoms with Crippen LogP contribution in [0.25, 0.3) is 0 Å². The molecule has 1 aliphatic heterocycles. The van der Waals surface area contributed by atoms with Gasteiger partial charge in [0.1, 0.15) is 4.21 Å². The van der Waals surface area contributed by atoms with Crippen LogP contribution in [0.15, 0.2) is 16.3 Å². The molecule has 0 aromatic carbocycles. The van der Waals surface area contributed by atoms with Gasteiger partial charge in [-0.25, -0.2) is 8.42 Å². The Balaban J connectivity index is 2.19. The minimum absolute atomic E-state index is 0.171. The second-order valence-electron chi connectivity index (χ2n) is 4.28. The molecule has 1 saturated heterocycles. The number of nitrogens with zero attached hydrogens (tertiary/aromatic N) is 1. The molecule has 106 valence electrons. The van der Waals surface area contributed by atoms with E-state index in [2.05, 4.69) is 4.74 Å². The number of ether oxygens (including phenoxy) is 1. The normalized spacial score (nSPS) is 21.3. The third-order valence-corrected chi connectivity index (χ3v) is 6.63. The molecular formula is C11H14ClNO4S2. The van der Waals surface area contributed by atoms with Gasteiger partial charge in [0.05, 0.1) is 17.4 Å². The lowest BCUT2D eigenvalue weighted by Crippen LogP contribution is -2.42. The summed E-state index contributed by atoms with van der Waals surface area (Å²) in [4.78, 5) is 11.5. The summed E-state index contributed by atoms with van der Waals surface area (Å²) in [7, 11) is -2.24. The number of piperidine rings is 1. The molecule has 0 bridgehead atoms. The lowest BCUT2D eigenvalue weighted by atomic mass is 10.0. The van der Waals surface area contributed by atoms with Crippen molar-refractivity contribution in [3.05, 3.63) is 16.5 Å². The Labute approximate surface area is 121 Å². The number of halogens is 1. The van der Waals surface area contributed by atoms with Gasteiger partial charge in [-0.2, -0.15) is 4.31 Å². The molecule has 0 spiro atoms. The first kappa shape index (κ1) is 14.8. The second kappa shape index (κ2) is 5.78. The number of hydrogen-bond donors (Lipinski definition) is 0. The minimum Gasteiger partial charge on any atom is -0.469 e. The molecule has 0 N–H and O–H groups in total. The van der Waals surface area contributed by atoms with E-state index in [1.165, 1.54) is 17.5 Å². The highest BCUT2D eigenvalue weighted by molar-refractivity contribution is 7.91. The maximum atomic E-state index is 12.4. The van der Waals surface area contributed by atoms with E-state index in [-0.39, 0.29) is 22.6 Å². The highest BCUT2D eigenvalue weighted by atomic mass is 35.5. The molecule has 2 heterocycles. The molecular weight excluding hydrogens is 310 g/mol. The third kappa shape index (κ3) is 3.10. The second-order valence-corrected chi connectivity index (χ2v) is 8.16. The Hall–Kier alpha value is -0.630. The van der Waals surface area contributed by atoms with E-state index in [0.29, 0.717) is 23.7 Å². The Morgan fingerprint density at radius 3 is 2.84 bits per heavy atom. The molecule has 5 nitrogen and oxygen atoms in total. The van der Waals surface area contributed by atoms with Crippen molar-refractivity contribution >= 4 is 38.9 Å². The van der Waals surface area contributed by atoms with E-state index < -0.39 is 10.0 Å². The fourth-order valence-electron chi connectivity index (χ4n) is 2.08. The van der Waals surface area contributed by atoms with E-state index in [1.54, 1.807) is 6.07 Å². The van der Waals surface area contributed by atoms with Crippen molar-refractivity contribution in [1.82, 2.24) is 4.31 Å². The SMILES string of the molecule is COC(=O)C1CCCN(S(=O)(=O)c2ccc(Cl)s2)C1. The summed E-state index contributed by atoms with van der Waals surface area (Å²) in [6.45, 7) is 0.593. The maximum absolute atomic E-state index is 12.4. The van der Waals surface area contributed by atoms with Gasteiger partial charge in [0.15, 0.2) is 0 Å². The van der Waals surface area contributed by atoms with E-state index in [4.69, 9.17) is 11.6 Å². The number of carbonyl (C=O) groups excluding carboxylic acids is 1. The van der Waals surface area contributed by atoms with Gasteiger partial charge in [-0.05, 0) is 25.0 Å². The van der Waals surface area contributed by atoms with Crippen LogP contribution < -0.4 is 0 Å². The molecule has 0 radical (unpaired) electrons. The molecule has 19 heavy (non-hydrogen) atoms. The zero-order valence-electron chi connectivity index (χ0n) is 10.3. The molecule has 8 heteroatoms. The van der Waals surface area contributed by atoms with Crippen LogP contribution in [0, 0.1) is 5.92 Å². The molecule has 0 aliphatic carbocycles. The Bertz CT molecular complexity index is 569. The summed E-state index contributed by atoms with van der Waals surface area (Å²) < 4.78 is 31.4. The van der Waals surface area contributed by atoms with Crippen LogP contribution in [-0.4, -0.2) is 38.9 Å². The molecule has 1 aromatic rings. The number of carbonyl (C=O) groups is 1. The van der Waals surface area contributed by atoms with Gasteiger partial charge in [0.2, 0.25) is 0 Å². The maximum Gasteiger partial charge on any atom is 0.309 e. The topological polar surface area (TPSA) is 63.7 Å². The van der Waals surface area contributed by atoms with Crippen molar-refractivity contribution in [2.24, 2.45) is 5.92 Å². The van der Waals surface area contributed by atoms with E-state index >= 15 is 0 Å². The summed E-state index contributed by atoms with van der Waals surface area (Å²) in [6, 6.07) is 3.05. The number of methoxy groups -OCH3 is 1. The number of esters is 1. The van der Waals surface area contributed by atoms with Gasteiger partial charge in [-0.15, -0.1) is 11.3 Å². The van der Waals surface area contributed by atoms with Gasteiger partial charge in [0, 0.05) is 13.1 Å². The highest BCUT2D eigenvalue weighted by Gasteiger charge is 2.34. The number of rotatable bonds is 3. The first-order valence-electron chi connectivity index (χ1n) is 5.78. The van der Waals surface area contributed by atoms with Crippen molar-refractivity contribution in [1.29, 1.82) is 0 Å². The Morgan fingerprint density at radius 2 is 2.26 bits per heavy atom. The summed E-state index contributed by atoms with van der Waals surface area (Å²) in [5.41, 5.74) is 0. The van der Waals surface area contributed by atoms with E-state index in [9.17, 15) is 13.2 Å². The summed E-state index contributed by atoms with van der Waals surface area (Å²) in [6.07, 6.45) is 1.31. The van der Waals surface area contributed by atoms with Crippen molar-refractivity contribution in [2.75, 3.05) is 20.2 Å². The average molecular weight is 324 g/mol. The van der Waals surface area contributed by atoms with Crippen LogP contribution >= 0.6 is 22.9 Å². The molecule has 1 fully saturated rings. The molecule has 1 atom stereocenters. The predicted octanol–water partition coefficient (Wildman–Crippen LogP) is 1.98. The summed E-state index contributed by atoms with van der Waals surface area (Å²) in [5, 5.41) is 0. The molecule has 1 aliphatic rings. The largest absolute Gasteiger partial charge is 0.469 e.